The predicted molar refractivity (Wildman–Crippen MR) is 64.2 cm³/mol. The van der Waals surface area contributed by atoms with E-state index in [1.54, 1.807) is 0 Å². The zero-order valence-corrected chi connectivity index (χ0v) is 10.0. The molecular formula is C10H14BrN3O. The van der Waals surface area contributed by atoms with Crippen LogP contribution < -0.4 is 16.6 Å². The maximum absolute atomic E-state index is 11.3. The summed E-state index contributed by atoms with van der Waals surface area (Å²) in [5.41, 5.74) is 3.03. The van der Waals surface area contributed by atoms with Crippen molar-refractivity contribution in [3.63, 3.8) is 0 Å². The Morgan fingerprint density at radius 2 is 2.07 bits per heavy atom. The minimum absolute atomic E-state index is 0.208. The average Bonchev–Trinajstić information content (AvgIpc) is 2.27. The van der Waals surface area contributed by atoms with Gasteiger partial charge in [0.1, 0.15) is 6.04 Å². The molecule has 0 aliphatic rings. The van der Waals surface area contributed by atoms with Crippen LogP contribution in [0.3, 0.4) is 0 Å². The fourth-order valence-electron chi connectivity index (χ4n) is 1.20. The van der Waals surface area contributed by atoms with E-state index in [9.17, 15) is 4.79 Å². The highest BCUT2D eigenvalue weighted by Crippen LogP contribution is 2.15. The third kappa shape index (κ3) is 3.53. The van der Waals surface area contributed by atoms with Crippen LogP contribution >= 0.6 is 15.9 Å². The lowest BCUT2D eigenvalue weighted by atomic mass is 10.2. The van der Waals surface area contributed by atoms with Gasteiger partial charge in [0.25, 0.3) is 5.91 Å². The molecule has 0 aliphatic carbocycles. The van der Waals surface area contributed by atoms with Crippen LogP contribution in [0.1, 0.15) is 13.3 Å². The van der Waals surface area contributed by atoms with Gasteiger partial charge in [0.2, 0.25) is 0 Å². The Morgan fingerprint density at radius 3 is 2.53 bits per heavy atom. The van der Waals surface area contributed by atoms with Crippen LogP contribution in [0.15, 0.2) is 28.7 Å². The summed E-state index contributed by atoms with van der Waals surface area (Å²) >= 11 is 3.34. The van der Waals surface area contributed by atoms with E-state index in [0.29, 0.717) is 6.42 Å². The third-order valence-electron chi connectivity index (χ3n) is 2.05. The topological polar surface area (TPSA) is 67.2 Å². The third-order valence-corrected chi connectivity index (χ3v) is 2.58. The smallest absolute Gasteiger partial charge is 0.256 e. The summed E-state index contributed by atoms with van der Waals surface area (Å²) in [7, 11) is 0. The summed E-state index contributed by atoms with van der Waals surface area (Å²) < 4.78 is 1.00. The van der Waals surface area contributed by atoms with E-state index < -0.39 is 0 Å². The molecule has 82 valence electrons. The highest BCUT2D eigenvalue weighted by Gasteiger charge is 2.14. The Hall–Kier alpha value is -1.07. The van der Waals surface area contributed by atoms with E-state index in [0.717, 1.165) is 10.2 Å². The molecule has 0 aromatic heterocycles. The average molecular weight is 272 g/mol. The van der Waals surface area contributed by atoms with E-state index in [-0.39, 0.29) is 11.9 Å². The lowest BCUT2D eigenvalue weighted by molar-refractivity contribution is -0.121. The zero-order chi connectivity index (χ0) is 11.3. The van der Waals surface area contributed by atoms with E-state index in [4.69, 9.17) is 5.84 Å². The molecule has 0 saturated carbocycles. The number of anilines is 1. The molecule has 0 spiro atoms. The van der Waals surface area contributed by atoms with Gasteiger partial charge in [0.05, 0.1) is 0 Å². The molecule has 0 aliphatic heterocycles. The summed E-state index contributed by atoms with van der Waals surface area (Å²) in [5.74, 6) is 4.87. The fourth-order valence-corrected chi connectivity index (χ4v) is 1.47. The summed E-state index contributed by atoms with van der Waals surface area (Å²) in [6.07, 6.45) is 0.680. The van der Waals surface area contributed by atoms with Crippen molar-refractivity contribution in [2.24, 2.45) is 5.84 Å². The van der Waals surface area contributed by atoms with Crippen molar-refractivity contribution in [1.82, 2.24) is 5.43 Å². The summed E-state index contributed by atoms with van der Waals surface area (Å²) in [6, 6.07) is 7.33. The molecule has 0 radical (unpaired) electrons. The van der Waals surface area contributed by atoms with E-state index in [1.165, 1.54) is 0 Å². The normalized spacial score (nSPS) is 11.9. The number of carbonyl (C=O) groups excluding carboxylic acids is 1. The second kappa shape index (κ2) is 5.72. The van der Waals surface area contributed by atoms with Crippen LogP contribution in [0.4, 0.5) is 5.69 Å². The predicted octanol–water partition coefficient (Wildman–Crippen LogP) is 1.63. The molecule has 0 bridgehead atoms. The standard InChI is InChI=1S/C10H14BrN3O/c1-2-9(10(15)14-12)13-8-5-3-7(11)4-6-8/h3-6,9,13H,2,12H2,1H3,(H,14,15)/t9-/m0/s1. The second-order valence-electron chi connectivity index (χ2n) is 3.12. The Bertz CT molecular complexity index is 326. The van der Waals surface area contributed by atoms with Gasteiger partial charge in [0, 0.05) is 10.2 Å². The number of hydrogen-bond donors (Lipinski definition) is 3. The number of hydrogen-bond acceptors (Lipinski definition) is 3. The Balaban J connectivity index is 2.66. The minimum atomic E-state index is -0.295. The Labute approximate surface area is 97.3 Å². The van der Waals surface area contributed by atoms with Crippen molar-refractivity contribution in [2.45, 2.75) is 19.4 Å². The van der Waals surface area contributed by atoms with Crippen molar-refractivity contribution >= 4 is 27.5 Å². The van der Waals surface area contributed by atoms with Crippen molar-refractivity contribution in [2.75, 3.05) is 5.32 Å². The molecule has 4 N–H and O–H groups in total. The molecule has 4 nitrogen and oxygen atoms in total. The van der Waals surface area contributed by atoms with Crippen LogP contribution in [0, 0.1) is 0 Å². The van der Waals surface area contributed by atoms with Gasteiger partial charge in [-0.25, -0.2) is 5.84 Å². The van der Waals surface area contributed by atoms with E-state index >= 15 is 0 Å². The first-order valence-electron chi connectivity index (χ1n) is 4.70. The SMILES string of the molecule is CC[C@H](Nc1ccc(Br)cc1)C(=O)NN. The number of halogens is 1. The number of nitrogens with one attached hydrogen (secondary N) is 2. The first-order chi connectivity index (χ1) is 7.17. The van der Waals surface area contributed by atoms with Gasteiger partial charge in [-0.3, -0.25) is 10.2 Å². The molecule has 0 fully saturated rings. The van der Waals surface area contributed by atoms with Crippen molar-refractivity contribution in [1.29, 1.82) is 0 Å². The maximum atomic E-state index is 11.3. The van der Waals surface area contributed by atoms with Crippen LogP contribution in [0.5, 0.6) is 0 Å². The molecule has 1 atom stereocenters. The Morgan fingerprint density at radius 1 is 1.47 bits per heavy atom. The molecule has 1 rings (SSSR count). The molecule has 1 aromatic rings. The van der Waals surface area contributed by atoms with Crippen LogP contribution in [0.25, 0.3) is 0 Å². The number of carbonyl (C=O) groups is 1. The lowest BCUT2D eigenvalue weighted by Crippen LogP contribution is -2.42. The molecule has 5 heteroatoms. The van der Waals surface area contributed by atoms with Gasteiger partial charge in [-0.05, 0) is 30.7 Å². The molecule has 0 heterocycles. The fraction of sp³-hybridized carbons (Fsp3) is 0.300. The second-order valence-corrected chi connectivity index (χ2v) is 4.04. The minimum Gasteiger partial charge on any atom is -0.374 e. The van der Waals surface area contributed by atoms with Gasteiger partial charge >= 0.3 is 0 Å². The largest absolute Gasteiger partial charge is 0.374 e. The van der Waals surface area contributed by atoms with Crippen LogP contribution in [-0.4, -0.2) is 11.9 Å². The number of nitrogens with two attached hydrogens (primary N) is 1. The van der Waals surface area contributed by atoms with Crippen LogP contribution in [0.2, 0.25) is 0 Å². The summed E-state index contributed by atoms with van der Waals surface area (Å²) in [4.78, 5) is 11.3. The van der Waals surface area contributed by atoms with Gasteiger partial charge in [0.15, 0.2) is 0 Å². The van der Waals surface area contributed by atoms with Crippen LogP contribution in [-0.2, 0) is 4.79 Å². The van der Waals surface area contributed by atoms with E-state index in [2.05, 4.69) is 26.7 Å². The molecule has 0 saturated heterocycles. The van der Waals surface area contributed by atoms with Crippen molar-refractivity contribution in [3.8, 4) is 0 Å². The molecule has 1 amide bonds. The first-order valence-corrected chi connectivity index (χ1v) is 5.49. The zero-order valence-electron chi connectivity index (χ0n) is 8.46. The van der Waals surface area contributed by atoms with Crippen molar-refractivity contribution < 1.29 is 4.79 Å². The summed E-state index contributed by atoms with van der Waals surface area (Å²) in [6.45, 7) is 1.92. The quantitative estimate of drug-likeness (QED) is 0.443. The van der Waals surface area contributed by atoms with Gasteiger partial charge < -0.3 is 5.32 Å². The maximum Gasteiger partial charge on any atom is 0.256 e. The summed E-state index contributed by atoms with van der Waals surface area (Å²) in [5, 5.41) is 3.09. The van der Waals surface area contributed by atoms with Gasteiger partial charge in [-0.2, -0.15) is 0 Å². The number of benzene rings is 1. The number of rotatable bonds is 4. The number of amides is 1. The molecular weight excluding hydrogens is 258 g/mol. The highest BCUT2D eigenvalue weighted by atomic mass is 79.9. The molecule has 0 unspecified atom stereocenters. The van der Waals surface area contributed by atoms with E-state index in [1.807, 2.05) is 31.2 Å². The molecule has 15 heavy (non-hydrogen) atoms. The van der Waals surface area contributed by atoms with Gasteiger partial charge in [-0.15, -0.1) is 0 Å². The first kappa shape index (κ1) is 12.0. The van der Waals surface area contributed by atoms with Crippen molar-refractivity contribution in [3.05, 3.63) is 28.7 Å². The highest BCUT2D eigenvalue weighted by molar-refractivity contribution is 9.10. The monoisotopic (exact) mass is 271 g/mol. The lowest BCUT2D eigenvalue weighted by Gasteiger charge is -2.16. The molecule has 1 aromatic carbocycles. The Kier molecular flexibility index (Phi) is 4.58. The number of hydrazine groups is 1. The van der Waals surface area contributed by atoms with Gasteiger partial charge in [-0.1, -0.05) is 22.9 Å².